The molecule has 22 heavy (non-hydrogen) atoms. The second-order valence-electron chi connectivity index (χ2n) is 6.27. The lowest BCUT2D eigenvalue weighted by Gasteiger charge is -2.31. The lowest BCUT2D eigenvalue weighted by Crippen LogP contribution is -2.49. The van der Waals surface area contributed by atoms with Crippen LogP contribution in [0.5, 0.6) is 11.5 Å². The van der Waals surface area contributed by atoms with Gasteiger partial charge >= 0.3 is 0 Å². The van der Waals surface area contributed by atoms with E-state index in [1.807, 2.05) is 18.2 Å². The number of methoxy groups -OCH3 is 1. The molecule has 0 aromatic heterocycles. The van der Waals surface area contributed by atoms with Gasteiger partial charge in [-0.25, -0.2) is 0 Å². The summed E-state index contributed by atoms with van der Waals surface area (Å²) in [6, 6.07) is 6.50. The van der Waals surface area contributed by atoms with Crippen molar-refractivity contribution >= 4 is 5.91 Å². The molecule has 0 saturated carbocycles. The fourth-order valence-electron chi connectivity index (χ4n) is 3.25. The van der Waals surface area contributed by atoms with Gasteiger partial charge in [-0.2, -0.15) is 0 Å². The van der Waals surface area contributed by atoms with Crippen LogP contribution in [0.1, 0.15) is 25.3 Å². The van der Waals surface area contributed by atoms with Crippen LogP contribution in [0.2, 0.25) is 0 Å². The molecule has 2 heterocycles. The van der Waals surface area contributed by atoms with Crippen LogP contribution in [0, 0.1) is 5.92 Å². The third-order valence-corrected chi connectivity index (χ3v) is 4.51. The molecule has 2 aliphatic heterocycles. The molecule has 5 heteroatoms. The van der Waals surface area contributed by atoms with Gasteiger partial charge in [-0.05, 0) is 56.5 Å². The first-order valence-corrected chi connectivity index (χ1v) is 7.99. The zero-order valence-electron chi connectivity index (χ0n) is 13.2. The predicted octanol–water partition coefficient (Wildman–Crippen LogP) is 1.50. The molecule has 5 nitrogen and oxygen atoms in total. The normalized spacial score (nSPS) is 27.5. The van der Waals surface area contributed by atoms with Crippen molar-refractivity contribution in [1.82, 2.24) is 10.6 Å². The van der Waals surface area contributed by atoms with Crippen LogP contribution < -0.4 is 20.1 Å². The van der Waals surface area contributed by atoms with Gasteiger partial charge in [-0.15, -0.1) is 0 Å². The monoisotopic (exact) mass is 304 g/mol. The Bertz CT molecular complexity index is 547. The molecule has 0 radical (unpaired) electrons. The summed E-state index contributed by atoms with van der Waals surface area (Å²) in [7, 11) is 1.65. The number of amides is 1. The Morgan fingerprint density at radius 1 is 1.45 bits per heavy atom. The van der Waals surface area contributed by atoms with Gasteiger partial charge in [-0.3, -0.25) is 4.79 Å². The molecule has 1 aromatic rings. The lowest BCUT2D eigenvalue weighted by atomic mass is 9.94. The molecule has 2 aliphatic rings. The van der Waals surface area contributed by atoms with Gasteiger partial charge in [0.1, 0.15) is 18.1 Å². The van der Waals surface area contributed by atoms with Crippen molar-refractivity contribution in [3.8, 4) is 11.5 Å². The highest BCUT2D eigenvalue weighted by Gasteiger charge is 2.29. The predicted molar refractivity (Wildman–Crippen MR) is 84.3 cm³/mol. The molecule has 3 rings (SSSR count). The van der Waals surface area contributed by atoms with Crippen molar-refractivity contribution in [1.29, 1.82) is 0 Å². The molecule has 0 bridgehead atoms. The minimum Gasteiger partial charge on any atom is -0.497 e. The van der Waals surface area contributed by atoms with Crippen LogP contribution in [0.15, 0.2) is 18.2 Å². The van der Waals surface area contributed by atoms with Gasteiger partial charge in [0.15, 0.2) is 0 Å². The van der Waals surface area contributed by atoms with E-state index < -0.39 is 0 Å². The summed E-state index contributed by atoms with van der Waals surface area (Å²) in [6.07, 6.45) is 2.69. The van der Waals surface area contributed by atoms with Gasteiger partial charge in [0, 0.05) is 12.1 Å². The zero-order valence-corrected chi connectivity index (χ0v) is 13.2. The Morgan fingerprint density at radius 3 is 3.09 bits per heavy atom. The van der Waals surface area contributed by atoms with Crippen LogP contribution in [-0.2, 0) is 11.2 Å². The van der Waals surface area contributed by atoms with E-state index in [0.29, 0.717) is 19.1 Å². The summed E-state index contributed by atoms with van der Waals surface area (Å²) in [5.41, 5.74) is 1.05. The molecule has 0 spiro atoms. The number of piperidine rings is 1. The highest BCUT2D eigenvalue weighted by atomic mass is 16.5. The first kappa shape index (κ1) is 15.2. The smallest absolute Gasteiger partial charge is 0.227 e. The average Bonchev–Trinajstić information content (AvgIpc) is 2.53. The van der Waals surface area contributed by atoms with Gasteiger partial charge in [0.25, 0.3) is 0 Å². The Morgan fingerprint density at radius 2 is 2.32 bits per heavy atom. The number of nitrogens with one attached hydrogen (secondary N) is 2. The van der Waals surface area contributed by atoms with Crippen molar-refractivity contribution in [2.75, 3.05) is 20.3 Å². The van der Waals surface area contributed by atoms with E-state index in [0.717, 1.165) is 36.4 Å². The van der Waals surface area contributed by atoms with Gasteiger partial charge < -0.3 is 20.1 Å². The number of rotatable bonds is 3. The van der Waals surface area contributed by atoms with Crippen LogP contribution >= 0.6 is 0 Å². The van der Waals surface area contributed by atoms with E-state index in [-0.39, 0.29) is 17.9 Å². The van der Waals surface area contributed by atoms with Gasteiger partial charge in [0.05, 0.1) is 13.0 Å². The number of ether oxygens (including phenoxy) is 2. The molecule has 3 unspecified atom stereocenters. The first-order valence-electron chi connectivity index (χ1n) is 7.99. The molecule has 3 atom stereocenters. The standard InChI is InChI=1S/C17H24N2O3/c1-11-7-14(5-6-18-11)19-17(20)13-8-12-9-15(21-2)3-4-16(12)22-10-13/h3-4,9,11,13-14,18H,5-8,10H2,1-2H3,(H,19,20). The van der Waals surface area contributed by atoms with Crippen molar-refractivity contribution in [2.24, 2.45) is 5.92 Å². The van der Waals surface area contributed by atoms with Crippen LogP contribution in [0.25, 0.3) is 0 Å². The topological polar surface area (TPSA) is 59.6 Å². The molecular weight excluding hydrogens is 280 g/mol. The maximum Gasteiger partial charge on any atom is 0.227 e. The first-order chi connectivity index (χ1) is 10.7. The Kier molecular flexibility index (Phi) is 4.52. The number of carbonyl (C=O) groups excluding carboxylic acids is 1. The van der Waals surface area contributed by atoms with E-state index in [2.05, 4.69) is 17.6 Å². The summed E-state index contributed by atoms with van der Waals surface area (Å²) in [5.74, 6) is 1.65. The molecule has 0 aliphatic carbocycles. The van der Waals surface area contributed by atoms with E-state index >= 15 is 0 Å². The van der Waals surface area contributed by atoms with Crippen molar-refractivity contribution in [3.63, 3.8) is 0 Å². The summed E-state index contributed by atoms with van der Waals surface area (Å²) in [4.78, 5) is 12.5. The minimum atomic E-state index is -0.121. The highest BCUT2D eigenvalue weighted by Crippen LogP contribution is 2.30. The van der Waals surface area contributed by atoms with Crippen molar-refractivity contribution in [2.45, 2.75) is 38.3 Å². The van der Waals surface area contributed by atoms with E-state index in [1.165, 1.54) is 0 Å². The largest absolute Gasteiger partial charge is 0.497 e. The van der Waals surface area contributed by atoms with Crippen LogP contribution in [0.3, 0.4) is 0 Å². The fraction of sp³-hybridized carbons (Fsp3) is 0.588. The van der Waals surface area contributed by atoms with Gasteiger partial charge in [0.2, 0.25) is 5.91 Å². The Labute approximate surface area is 131 Å². The zero-order chi connectivity index (χ0) is 15.5. The van der Waals surface area contributed by atoms with E-state index in [9.17, 15) is 4.79 Å². The van der Waals surface area contributed by atoms with Crippen molar-refractivity contribution < 1.29 is 14.3 Å². The minimum absolute atomic E-state index is 0.104. The summed E-state index contributed by atoms with van der Waals surface area (Å²) < 4.78 is 11.0. The molecule has 1 saturated heterocycles. The Hall–Kier alpha value is -1.75. The third kappa shape index (κ3) is 3.35. The maximum absolute atomic E-state index is 12.5. The van der Waals surface area contributed by atoms with Crippen LogP contribution in [-0.4, -0.2) is 38.3 Å². The second kappa shape index (κ2) is 6.57. The molecule has 1 amide bonds. The second-order valence-corrected chi connectivity index (χ2v) is 6.27. The Balaban J connectivity index is 1.62. The SMILES string of the molecule is COc1ccc2c(c1)CC(C(=O)NC1CCNC(C)C1)CO2. The average molecular weight is 304 g/mol. The molecule has 120 valence electrons. The summed E-state index contributed by atoms with van der Waals surface area (Å²) in [5, 5.41) is 6.59. The van der Waals surface area contributed by atoms with Gasteiger partial charge in [-0.1, -0.05) is 0 Å². The fourth-order valence-corrected chi connectivity index (χ4v) is 3.25. The lowest BCUT2D eigenvalue weighted by molar-refractivity contribution is -0.127. The third-order valence-electron chi connectivity index (χ3n) is 4.51. The number of hydrogen-bond donors (Lipinski definition) is 2. The number of hydrogen-bond acceptors (Lipinski definition) is 4. The maximum atomic E-state index is 12.5. The summed E-state index contributed by atoms with van der Waals surface area (Å²) in [6.45, 7) is 3.57. The highest BCUT2D eigenvalue weighted by molar-refractivity contribution is 5.80. The summed E-state index contributed by atoms with van der Waals surface area (Å²) >= 11 is 0. The van der Waals surface area contributed by atoms with Crippen LogP contribution in [0.4, 0.5) is 0 Å². The number of fused-ring (bicyclic) bond motifs is 1. The van der Waals surface area contributed by atoms with E-state index in [4.69, 9.17) is 9.47 Å². The van der Waals surface area contributed by atoms with E-state index in [1.54, 1.807) is 7.11 Å². The van der Waals surface area contributed by atoms with Crippen molar-refractivity contribution in [3.05, 3.63) is 23.8 Å². The quantitative estimate of drug-likeness (QED) is 0.888. The molecule has 1 aromatic carbocycles. The molecule has 1 fully saturated rings. The number of carbonyl (C=O) groups is 1. The molecular formula is C17H24N2O3. The molecule has 2 N–H and O–H groups in total. The number of benzene rings is 1.